The molecule has 3 aliphatic rings. The highest BCUT2D eigenvalue weighted by atomic mass is 16.6. The van der Waals surface area contributed by atoms with Gasteiger partial charge in [0.05, 0.1) is 28.1 Å². The molecule has 1 aromatic rings. The number of aromatic nitrogens is 1. The van der Waals surface area contributed by atoms with E-state index in [-0.39, 0.29) is 41.5 Å². The predicted molar refractivity (Wildman–Crippen MR) is 127 cm³/mol. The zero-order chi connectivity index (χ0) is 24.6. The summed E-state index contributed by atoms with van der Waals surface area (Å²) in [5.41, 5.74) is 5.27. The molecule has 2 aliphatic carbocycles. The van der Waals surface area contributed by atoms with Crippen LogP contribution in [0.2, 0.25) is 0 Å². The Balaban J connectivity index is 1.58. The van der Waals surface area contributed by atoms with Gasteiger partial charge in [-0.25, -0.2) is 9.59 Å². The molecular weight excluding hydrogens is 436 g/mol. The standard InChI is InChI=1S/C26H28N2O6/c1-5-17-18(26(32)34-11-10-33-25(31)13(2)3)14(4)21(28-17)19-23(29)20(24(19)30)22-16-9-7-6-8-15(16)12-27-22/h12,28-29H,2,5-11H2,1,3-4H3/b22-20-. The molecule has 0 unspecified atom stereocenters. The number of aliphatic imine (C=N–C) groups is 1. The average molecular weight is 465 g/mol. The first-order valence-corrected chi connectivity index (χ1v) is 11.5. The summed E-state index contributed by atoms with van der Waals surface area (Å²) < 4.78 is 10.2. The lowest BCUT2D eigenvalue weighted by Crippen LogP contribution is -2.24. The molecule has 0 fully saturated rings. The molecule has 8 nitrogen and oxygen atoms in total. The molecule has 2 N–H and O–H groups in total. The molecule has 0 saturated carbocycles. The molecular formula is C26H28N2O6. The van der Waals surface area contributed by atoms with Crippen LogP contribution in [0.3, 0.4) is 0 Å². The fourth-order valence-corrected chi connectivity index (χ4v) is 4.55. The third-order valence-corrected chi connectivity index (χ3v) is 6.34. The Bertz CT molecular complexity index is 1240. The zero-order valence-corrected chi connectivity index (χ0v) is 19.7. The maximum atomic E-state index is 13.1. The van der Waals surface area contributed by atoms with Gasteiger partial charge in [-0.3, -0.25) is 9.79 Å². The van der Waals surface area contributed by atoms with E-state index in [1.807, 2.05) is 6.92 Å². The Morgan fingerprint density at radius 3 is 2.56 bits per heavy atom. The number of nitrogens with one attached hydrogen (secondary N) is 1. The number of aliphatic hydroxyl groups excluding tert-OH is 1. The number of Topliss-reactive ketones (excluding diaryl/α,β-unsaturated/α-hetero) is 1. The maximum absolute atomic E-state index is 13.1. The van der Waals surface area contributed by atoms with Crippen LogP contribution in [0.25, 0.3) is 5.57 Å². The van der Waals surface area contributed by atoms with Gasteiger partial charge >= 0.3 is 11.9 Å². The van der Waals surface area contributed by atoms with Gasteiger partial charge in [0.2, 0.25) is 5.78 Å². The van der Waals surface area contributed by atoms with Crippen LogP contribution in [0.15, 0.2) is 45.3 Å². The molecule has 8 heteroatoms. The van der Waals surface area contributed by atoms with Crippen molar-refractivity contribution in [2.75, 3.05) is 13.2 Å². The Hall–Kier alpha value is -3.68. The van der Waals surface area contributed by atoms with Crippen molar-refractivity contribution in [2.45, 2.75) is 52.9 Å². The lowest BCUT2D eigenvalue weighted by molar-refractivity contribution is -0.140. The predicted octanol–water partition coefficient (Wildman–Crippen LogP) is 4.22. The number of hydrogen-bond acceptors (Lipinski definition) is 7. The Kier molecular flexibility index (Phi) is 6.41. The van der Waals surface area contributed by atoms with Crippen molar-refractivity contribution in [1.29, 1.82) is 0 Å². The van der Waals surface area contributed by atoms with Crippen molar-refractivity contribution in [3.05, 3.63) is 62.8 Å². The summed E-state index contributed by atoms with van der Waals surface area (Å²) >= 11 is 0. The minimum absolute atomic E-state index is 0.0884. The monoisotopic (exact) mass is 464 g/mol. The molecule has 0 spiro atoms. The third-order valence-electron chi connectivity index (χ3n) is 6.34. The second kappa shape index (κ2) is 9.29. The fraction of sp³-hybridized carbons (Fsp3) is 0.385. The van der Waals surface area contributed by atoms with E-state index < -0.39 is 11.9 Å². The first kappa shape index (κ1) is 23.5. The summed E-state index contributed by atoms with van der Waals surface area (Å²) in [6.45, 7) is 8.40. The molecule has 0 atom stereocenters. The number of ether oxygens (including phenoxy) is 2. The average Bonchev–Trinajstić information content (AvgIpc) is 3.37. The fourth-order valence-electron chi connectivity index (χ4n) is 4.55. The SMILES string of the molecule is C=C(C)C(=O)OCCOC(=O)c1c(CC)[nH]c(C2=C(O)/C(=C3/N=CC4=C3CCCC4)C2=O)c1C. The van der Waals surface area contributed by atoms with Crippen molar-refractivity contribution < 1.29 is 29.0 Å². The summed E-state index contributed by atoms with van der Waals surface area (Å²) in [6.07, 6.45) is 6.22. The van der Waals surface area contributed by atoms with Gasteiger partial charge < -0.3 is 19.6 Å². The van der Waals surface area contributed by atoms with Gasteiger partial charge in [0.1, 0.15) is 19.0 Å². The molecule has 0 amide bonds. The van der Waals surface area contributed by atoms with Crippen LogP contribution in [0, 0.1) is 6.92 Å². The van der Waals surface area contributed by atoms with E-state index in [1.54, 1.807) is 13.1 Å². The number of allylic oxidation sites excluding steroid dienone is 4. The molecule has 1 aliphatic heterocycles. The molecule has 0 bridgehead atoms. The lowest BCUT2D eigenvalue weighted by Gasteiger charge is -2.24. The van der Waals surface area contributed by atoms with Crippen LogP contribution in [-0.2, 0) is 25.5 Å². The minimum atomic E-state index is -0.592. The van der Waals surface area contributed by atoms with Crippen molar-refractivity contribution in [2.24, 2.45) is 4.99 Å². The van der Waals surface area contributed by atoms with Crippen LogP contribution in [0.4, 0.5) is 0 Å². The van der Waals surface area contributed by atoms with Crippen molar-refractivity contribution >= 4 is 29.5 Å². The van der Waals surface area contributed by atoms with E-state index in [9.17, 15) is 19.5 Å². The number of aliphatic hydroxyl groups is 1. The number of rotatable bonds is 7. The van der Waals surface area contributed by atoms with Crippen LogP contribution in [0.1, 0.15) is 66.8 Å². The van der Waals surface area contributed by atoms with Gasteiger partial charge in [0, 0.05) is 17.5 Å². The largest absolute Gasteiger partial charge is 0.506 e. The number of carbonyl (C=O) groups is 3. The molecule has 0 saturated heterocycles. The number of esters is 2. The molecule has 34 heavy (non-hydrogen) atoms. The van der Waals surface area contributed by atoms with Crippen LogP contribution in [-0.4, -0.2) is 47.2 Å². The summed E-state index contributed by atoms with van der Waals surface area (Å²) in [6, 6.07) is 0. The molecule has 0 aromatic carbocycles. The highest BCUT2D eigenvalue weighted by Crippen LogP contribution is 2.44. The first-order valence-electron chi connectivity index (χ1n) is 11.5. The maximum Gasteiger partial charge on any atom is 0.340 e. The smallest absolute Gasteiger partial charge is 0.340 e. The summed E-state index contributed by atoms with van der Waals surface area (Å²) in [5.74, 6) is -1.53. The lowest BCUT2D eigenvalue weighted by atomic mass is 9.80. The topological polar surface area (TPSA) is 118 Å². The number of hydrogen-bond donors (Lipinski definition) is 2. The van der Waals surface area contributed by atoms with Crippen molar-refractivity contribution in [1.82, 2.24) is 4.98 Å². The van der Waals surface area contributed by atoms with Crippen LogP contribution >= 0.6 is 0 Å². The molecule has 2 heterocycles. The summed E-state index contributed by atoms with van der Waals surface area (Å²) in [5, 5.41) is 10.9. The molecule has 1 aromatic heterocycles. The number of nitrogens with zero attached hydrogens (tertiary/aromatic N) is 1. The summed E-state index contributed by atoms with van der Waals surface area (Å²) in [7, 11) is 0. The van der Waals surface area contributed by atoms with Gasteiger partial charge in [-0.1, -0.05) is 13.5 Å². The Morgan fingerprint density at radius 1 is 1.18 bits per heavy atom. The normalized spacial score (nSPS) is 19.3. The van der Waals surface area contributed by atoms with E-state index >= 15 is 0 Å². The number of ketones is 1. The van der Waals surface area contributed by atoms with Crippen molar-refractivity contribution in [3.8, 4) is 0 Å². The number of carbonyl (C=O) groups excluding carboxylic acids is 3. The van der Waals surface area contributed by atoms with E-state index in [4.69, 9.17) is 9.47 Å². The molecule has 178 valence electrons. The number of aryl methyl sites for hydroxylation is 1. The molecule has 4 rings (SSSR count). The highest BCUT2D eigenvalue weighted by Gasteiger charge is 2.41. The van der Waals surface area contributed by atoms with E-state index in [2.05, 4.69) is 16.6 Å². The van der Waals surface area contributed by atoms with Gasteiger partial charge in [0.15, 0.2) is 0 Å². The Labute approximate surface area is 197 Å². The van der Waals surface area contributed by atoms with Crippen LogP contribution < -0.4 is 0 Å². The van der Waals surface area contributed by atoms with Gasteiger partial charge in [-0.2, -0.15) is 0 Å². The highest BCUT2D eigenvalue weighted by molar-refractivity contribution is 6.39. The minimum Gasteiger partial charge on any atom is -0.506 e. The van der Waals surface area contributed by atoms with E-state index in [0.29, 0.717) is 34.6 Å². The first-order chi connectivity index (χ1) is 16.3. The van der Waals surface area contributed by atoms with Gasteiger partial charge in [0.25, 0.3) is 0 Å². The van der Waals surface area contributed by atoms with Gasteiger partial charge in [-0.05, 0) is 62.7 Å². The third kappa shape index (κ3) is 3.93. The molecule has 0 radical (unpaired) electrons. The number of aromatic amines is 1. The van der Waals surface area contributed by atoms with Crippen LogP contribution in [0.5, 0.6) is 0 Å². The van der Waals surface area contributed by atoms with Crippen molar-refractivity contribution in [3.63, 3.8) is 0 Å². The van der Waals surface area contributed by atoms with Gasteiger partial charge in [-0.15, -0.1) is 0 Å². The second-order valence-electron chi connectivity index (χ2n) is 8.63. The second-order valence-corrected chi connectivity index (χ2v) is 8.63. The van der Waals surface area contributed by atoms with E-state index in [1.165, 1.54) is 6.92 Å². The van der Waals surface area contributed by atoms with E-state index in [0.717, 1.165) is 36.8 Å². The zero-order valence-electron chi connectivity index (χ0n) is 19.7. The quantitative estimate of drug-likeness (QED) is 0.354. The summed E-state index contributed by atoms with van der Waals surface area (Å²) in [4.78, 5) is 44.9. The number of H-pyrrole nitrogens is 1. The Morgan fingerprint density at radius 2 is 1.88 bits per heavy atom.